The SMILES string of the molecule is CCn1ccnc1SCC(=O)Nc1ccc(C)c(S(N)(=O)=O)c1. The minimum atomic E-state index is -3.82. The van der Waals surface area contributed by atoms with Crippen molar-refractivity contribution in [3.63, 3.8) is 0 Å². The molecule has 0 bridgehead atoms. The number of hydrogen-bond acceptors (Lipinski definition) is 5. The van der Waals surface area contributed by atoms with Crippen LogP contribution in [-0.2, 0) is 21.4 Å². The Morgan fingerprint density at radius 2 is 2.17 bits per heavy atom. The van der Waals surface area contributed by atoms with Gasteiger partial charge in [0.25, 0.3) is 0 Å². The number of nitrogens with two attached hydrogens (primary N) is 1. The van der Waals surface area contributed by atoms with Crippen LogP contribution in [0, 0.1) is 6.92 Å². The Bertz CT molecular complexity index is 815. The zero-order valence-electron chi connectivity index (χ0n) is 12.8. The second-order valence-electron chi connectivity index (χ2n) is 4.86. The Morgan fingerprint density at radius 1 is 1.43 bits per heavy atom. The average molecular weight is 354 g/mol. The Hall–Kier alpha value is -1.84. The number of anilines is 1. The van der Waals surface area contributed by atoms with E-state index in [0.717, 1.165) is 11.7 Å². The molecule has 1 aromatic carbocycles. The predicted octanol–water partition coefficient (Wildman–Crippen LogP) is 1.59. The summed E-state index contributed by atoms with van der Waals surface area (Å²) in [4.78, 5) is 16.2. The van der Waals surface area contributed by atoms with Gasteiger partial charge < -0.3 is 9.88 Å². The van der Waals surface area contributed by atoms with E-state index >= 15 is 0 Å². The fourth-order valence-corrected chi connectivity index (χ4v) is 3.62. The van der Waals surface area contributed by atoms with Crippen LogP contribution in [0.2, 0.25) is 0 Å². The van der Waals surface area contributed by atoms with Crippen LogP contribution in [0.5, 0.6) is 0 Å². The van der Waals surface area contributed by atoms with E-state index in [2.05, 4.69) is 10.3 Å². The molecule has 0 fully saturated rings. The van der Waals surface area contributed by atoms with Crippen LogP contribution in [0.15, 0.2) is 40.6 Å². The summed E-state index contributed by atoms with van der Waals surface area (Å²) < 4.78 is 24.9. The van der Waals surface area contributed by atoms with Gasteiger partial charge in [0.1, 0.15) is 0 Å². The zero-order chi connectivity index (χ0) is 17.0. The molecule has 1 heterocycles. The molecule has 7 nitrogen and oxygen atoms in total. The number of amides is 1. The number of nitrogens with zero attached hydrogens (tertiary/aromatic N) is 2. The molecular weight excluding hydrogens is 336 g/mol. The Kier molecular flexibility index (Phi) is 5.45. The molecule has 2 aromatic rings. The van der Waals surface area contributed by atoms with E-state index in [9.17, 15) is 13.2 Å². The second-order valence-corrected chi connectivity index (χ2v) is 7.33. The molecule has 124 valence electrons. The monoisotopic (exact) mass is 354 g/mol. The molecule has 0 aliphatic heterocycles. The van der Waals surface area contributed by atoms with Gasteiger partial charge in [-0.2, -0.15) is 0 Å². The molecule has 2 rings (SSSR count). The van der Waals surface area contributed by atoms with Crippen molar-refractivity contribution in [3.8, 4) is 0 Å². The molecule has 0 unspecified atom stereocenters. The van der Waals surface area contributed by atoms with Gasteiger partial charge >= 0.3 is 0 Å². The maximum atomic E-state index is 12.0. The van der Waals surface area contributed by atoms with Crippen molar-refractivity contribution in [1.29, 1.82) is 0 Å². The first-order chi connectivity index (χ1) is 10.8. The van der Waals surface area contributed by atoms with E-state index in [1.807, 2.05) is 17.7 Å². The van der Waals surface area contributed by atoms with Gasteiger partial charge in [0.05, 0.1) is 10.6 Å². The highest BCUT2D eigenvalue weighted by Gasteiger charge is 2.13. The van der Waals surface area contributed by atoms with Crippen molar-refractivity contribution in [3.05, 3.63) is 36.2 Å². The minimum Gasteiger partial charge on any atom is -0.326 e. The number of aromatic nitrogens is 2. The number of rotatable bonds is 6. The van der Waals surface area contributed by atoms with Crippen LogP contribution in [0.4, 0.5) is 5.69 Å². The molecule has 0 saturated heterocycles. The molecule has 3 N–H and O–H groups in total. The number of nitrogens with one attached hydrogen (secondary N) is 1. The van der Waals surface area contributed by atoms with Crippen LogP contribution < -0.4 is 10.5 Å². The maximum absolute atomic E-state index is 12.0. The number of carbonyl (C=O) groups is 1. The smallest absolute Gasteiger partial charge is 0.238 e. The number of hydrogen-bond donors (Lipinski definition) is 2. The number of thioether (sulfide) groups is 1. The molecular formula is C14H18N4O3S2. The van der Waals surface area contributed by atoms with Crippen LogP contribution in [-0.4, -0.2) is 29.6 Å². The van der Waals surface area contributed by atoms with Gasteiger partial charge in [-0.15, -0.1) is 0 Å². The summed E-state index contributed by atoms with van der Waals surface area (Å²) in [7, 11) is -3.82. The quantitative estimate of drug-likeness (QED) is 0.766. The minimum absolute atomic E-state index is 0.00415. The van der Waals surface area contributed by atoms with Crippen molar-refractivity contribution in [2.45, 2.75) is 30.4 Å². The van der Waals surface area contributed by atoms with Crippen molar-refractivity contribution in [2.75, 3.05) is 11.1 Å². The van der Waals surface area contributed by atoms with Crippen molar-refractivity contribution in [1.82, 2.24) is 9.55 Å². The van der Waals surface area contributed by atoms with Crippen LogP contribution in [0.25, 0.3) is 0 Å². The number of primary sulfonamides is 1. The first-order valence-corrected chi connectivity index (χ1v) is 9.41. The van der Waals surface area contributed by atoms with E-state index in [1.165, 1.54) is 17.8 Å². The highest BCUT2D eigenvalue weighted by atomic mass is 32.2. The molecule has 9 heteroatoms. The summed E-state index contributed by atoms with van der Waals surface area (Å²) in [5.41, 5.74) is 0.925. The van der Waals surface area contributed by atoms with E-state index in [1.54, 1.807) is 25.3 Å². The lowest BCUT2D eigenvalue weighted by molar-refractivity contribution is -0.113. The highest BCUT2D eigenvalue weighted by Crippen LogP contribution is 2.20. The fourth-order valence-electron chi connectivity index (χ4n) is 1.99. The van der Waals surface area contributed by atoms with Gasteiger partial charge in [-0.3, -0.25) is 4.79 Å². The summed E-state index contributed by atoms with van der Waals surface area (Å²) in [6.07, 6.45) is 3.53. The molecule has 0 atom stereocenters. The standard InChI is InChI=1S/C14H18N4O3S2/c1-3-18-7-6-16-14(18)22-9-13(19)17-11-5-4-10(2)12(8-11)23(15,20)21/h4-8H,3,9H2,1-2H3,(H,17,19)(H2,15,20,21). The summed E-state index contributed by atoms with van der Waals surface area (Å²) in [5.74, 6) is -0.0693. The van der Waals surface area contributed by atoms with E-state index in [4.69, 9.17) is 5.14 Å². The number of aryl methyl sites for hydroxylation is 2. The summed E-state index contributed by atoms with van der Waals surface area (Å²) in [6.45, 7) is 4.41. The van der Waals surface area contributed by atoms with Gasteiger partial charge in [0.2, 0.25) is 15.9 Å². The van der Waals surface area contributed by atoms with Gasteiger partial charge in [-0.05, 0) is 31.5 Å². The molecule has 0 aliphatic carbocycles. The summed E-state index contributed by atoms with van der Waals surface area (Å²) in [6, 6.07) is 4.60. The highest BCUT2D eigenvalue weighted by molar-refractivity contribution is 7.99. The normalized spacial score (nSPS) is 11.4. The lowest BCUT2D eigenvalue weighted by atomic mass is 10.2. The summed E-state index contributed by atoms with van der Waals surface area (Å²) >= 11 is 1.32. The second kappa shape index (κ2) is 7.16. The van der Waals surface area contributed by atoms with E-state index in [-0.39, 0.29) is 16.6 Å². The third-order valence-electron chi connectivity index (χ3n) is 3.13. The molecule has 1 amide bonds. The van der Waals surface area contributed by atoms with Gasteiger partial charge in [0, 0.05) is 24.6 Å². The van der Waals surface area contributed by atoms with Crippen LogP contribution in [0.3, 0.4) is 0 Å². The van der Waals surface area contributed by atoms with Crippen molar-refractivity contribution in [2.24, 2.45) is 5.14 Å². The van der Waals surface area contributed by atoms with Gasteiger partial charge in [0.15, 0.2) is 5.16 Å². The van der Waals surface area contributed by atoms with Crippen molar-refractivity contribution < 1.29 is 13.2 Å². The lowest BCUT2D eigenvalue weighted by Crippen LogP contribution is -2.17. The maximum Gasteiger partial charge on any atom is 0.238 e. The third-order valence-corrected chi connectivity index (χ3v) is 5.19. The molecule has 23 heavy (non-hydrogen) atoms. The first kappa shape index (κ1) is 17.5. The lowest BCUT2D eigenvalue weighted by Gasteiger charge is -2.09. The Balaban J connectivity index is 2.03. The zero-order valence-corrected chi connectivity index (χ0v) is 14.4. The third kappa shape index (κ3) is 4.57. The number of carbonyl (C=O) groups excluding carboxylic acids is 1. The Labute approximate surface area is 139 Å². The van der Waals surface area contributed by atoms with Gasteiger partial charge in [-0.25, -0.2) is 18.5 Å². The van der Waals surface area contributed by atoms with E-state index < -0.39 is 10.0 Å². The van der Waals surface area contributed by atoms with Crippen LogP contribution in [0.1, 0.15) is 12.5 Å². The van der Waals surface area contributed by atoms with Crippen LogP contribution >= 0.6 is 11.8 Å². The molecule has 0 aliphatic rings. The largest absolute Gasteiger partial charge is 0.326 e. The Morgan fingerprint density at radius 3 is 2.83 bits per heavy atom. The number of sulfonamides is 1. The molecule has 1 aromatic heterocycles. The topological polar surface area (TPSA) is 107 Å². The fraction of sp³-hybridized carbons (Fsp3) is 0.286. The predicted molar refractivity (Wildman–Crippen MR) is 89.8 cm³/mol. The molecule has 0 spiro atoms. The van der Waals surface area contributed by atoms with E-state index in [0.29, 0.717) is 11.3 Å². The first-order valence-electron chi connectivity index (χ1n) is 6.88. The number of benzene rings is 1. The number of imidazole rings is 1. The molecule has 0 saturated carbocycles. The average Bonchev–Trinajstić information content (AvgIpc) is 2.93. The van der Waals surface area contributed by atoms with Crippen molar-refractivity contribution >= 4 is 33.4 Å². The van der Waals surface area contributed by atoms with Gasteiger partial charge in [-0.1, -0.05) is 17.8 Å². The summed E-state index contributed by atoms with van der Waals surface area (Å²) in [5, 5.41) is 8.58. The molecule has 0 radical (unpaired) electrons.